The molecule has 0 amide bonds. The van der Waals surface area contributed by atoms with Gasteiger partial charge in [-0.05, 0) is 47.6 Å². The quantitative estimate of drug-likeness (QED) is 0.886. The number of fused-ring (bicyclic) bond motifs is 2. The largest absolute Gasteiger partial charge is 0.504 e. The van der Waals surface area contributed by atoms with E-state index in [4.69, 9.17) is 9.47 Å². The van der Waals surface area contributed by atoms with Crippen molar-refractivity contribution in [3.8, 4) is 34.1 Å². The van der Waals surface area contributed by atoms with Crippen molar-refractivity contribution in [2.45, 2.75) is 18.8 Å². The molecule has 2 N–H and O–H groups in total. The summed E-state index contributed by atoms with van der Waals surface area (Å²) in [5, 5.41) is 20.6. The van der Waals surface area contributed by atoms with Crippen molar-refractivity contribution in [2.75, 3.05) is 32.7 Å². The number of ether oxygens (including phenoxy) is 2. The van der Waals surface area contributed by atoms with Crippen LogP contribution < -0.4 is 14.4 Å². The number of hydrogen-bond donors (Lipinski definition) is 2. The van der Waals surface area contributed by atoms with Crippen LogP contribution in [0.5, 0.6) is 23.0 Å². The average Bonchev–Trinajstić information content (AvgIpc) is 2.57. The summed E-state index contributed by atoms with van der Waals surface area (Å²) in [6, 6.07) is 5.41. The molecule has 1 aliphatic heterocycles. The molecule has 2 aromatic rings. The van der Waals surface area contributed by atoms with Crippen molar-refractivity contribution in [2.24, 2.45) is 0 Å². The second kappa shape index (κ2) is 5.23. The van der Waals surface area contributed by atoms with Gasteiger partial charge in [-0.15, -0.1) is 0 Å². The van der Waals surface area contributed by atoms with Crippen molar-refractivity contribution in [3.63, 3.8) is 0 Å². The minimum Gasteiger partial charge on any atom is -0.504 e. The number of benzene rings is 2. The van der Waals surface area contributed by atoms with Gasteiger partial charge < -0.3 is 24.6 Å². The van der Waals surface area contributed by atoms with E-state index in [9.17, 15) is 10.2 Å². The number of anilines is 1. The lowest BCUT2D eigenvalue weighted by atomic mass is 9.74. The topological polar surface area (TPSA) is 62.2 Å². The Hall–Kier alpha value is -2.56. The highest BCUT2D eigenvalue weighted by Gasteiger charge is 2.35. The van der Waals surface area contributed by atoms with Crippen LogP contribution in [0.1, 0.15) is 23.5 Å². The van der Waals surface area contributed by atoms with E-state index in [-0.39, 0.29) is 11.5 Å². The fourth-order valence-corrected chi connectivity index (χ4v) is 4.11. The molecule has 5 heteroatoms. The molecular formula is C19H21NO4. The van der Waals surface area contributed by atoms with Crippen LogP contribution in [0.25, 0.3) is 11.1 Å². The van der Waals surface area contributed by atoms with Gasteiger partial charge in [0.05, 0.1) is 14.2 Å². The molecule has 2 aliphatic rings. The first kappa shape index (κ1) is 15.0. The summed E-state index contributed by atoms with van der Waals surface area (Å²) in [5.41, 5.74) is 5.21. The lowest BCUT2D eigenvalue weighted by Gasteiger charge is -2.39. The highest BCUT2D eigenvalue weighted by atomic mass is 16.5. The van der Waals surface area contributed by atoms with Crippen molar-refractivity contribution < 1.29 is 19.7 Å². The lowest BCUT2D eigenvalue weighted by Crippen LogP contribution is -2.30. The van der Waals surface area contributed by atoms with E-state index in [1.807, 2.05) is 13.1 Å². The smallest absolute Gasteiger partial charge is 0.168 e. The number of hydrogen-bond acceptors (Lipinski definition) is 5. The summed E-state index contributed by atoms with van der Waals surface area (Å²) in [6.45, 7) is 0.945. The fourth-order valence-electron chi connectivity index (χ4n) is 4.11. The third kappa shape index (κ3) is 1.94. The van der Waals surface area contributed by atoms with Crippen LogP contribution in [-0.2, 0) is 6.42 Å². The van der Waals surface area contributed by atoms with E-state index in [0.29, 0.717) is 17.4 Å². The minimum atomic E-state index is 0.138. The van der Waals surface area contributed by atoms with Crippen molar-refractivity contribution in [1.82, 2.24) is 0 Å². The Labute approximate surface area is 141 Å². The van der Waals surface area contributed by atoms with Gasteiger partial charge in [-0.25, -0.2) is 0 Å². The molecule has 0 radical (unpaired) electrons. The van der Waals surface area contributed by atoms with E-state index in [1.54, 1.807) is 19.2 Å². The molecule has 0 spiro atoms. The predicted octanol–water partition coefficient (Wildman–Crippen LogP) is 3.26. The van der Waals surface area contributed by atoms with Crippen LogP contribution in [0.4, 0.5) is 5.69 Å². The highest BCUT2D eigenvalue weighted by Crippen LogP contribution is 2.55. The Kier molecular flexibility index (Phi) is 3.27. The van der Waals surface area contributed by atoms with Crippen LogP contribution in [0, 0.1) is 0 Å². The minimum absolute atomic E-state index is 0.138. The second-order valence-electron chi connectivity index (χ2n) is 6.53. The summed E-state index contributed by atoms with van der Waals surface area (Å²) in [4.78, 5) is 2.18. The summed E-state index contributed by atoms with van der Waals surface area (Å²) >= 11 is 0. The molecule has 1 aliphatic carbocycles. The number of phenolic OH excluding ortho intramolecular Hbond substituents is 2. The predicted molar refractivity (Wildman–Crippen MR) is 92.6 cm³/mol. The highest BCUT2D eigenvalue weighted by molar-refractivity contribution is 5.88. The van der Waals surface area contributed by atoms with Crippen molar-refractivity contribution in [3.05, 3.63) is 29.3 Å². The summed E-state index contributed by atoms with van der Waals surface area (Å²) < 4.78 is 10.8. The molecule has 0 aromatic heterocycles. The molecule has 0 saturated heterocycles. The van der Waals surface area contributed by atoms with Gasteiger partial charge in [-0.3, -0.25) is 0 Å². The number of aromatic hydroxyl groups is 2. The first-order valence-corrected chi connectivity index (χ1v) is 8.10. The van der Waals surface area contributed by atoms with Gasteiger partial charge in [0.1, 0.15) is 0 Å². The SMILES string of the molecule is COc1cc2c(cc1O)C[C@@H]1CCN(C)c3cc(O)c(OC)c-2c31. The molecule has 0 unspecified atom stereocenters. The fraction of sp³-hybridized carbons (Fsp3) is 0.368. The Balaban J connectivity index is 2.08. The first-order chi connectivity index (χ1) is 11.5. The Morgan fingerprint density at radius 1 is 1.08 bits per heavy atom. The zero-order chi connectivity index (χ0) is 17.0. The molecule has 0 saturated carbocycles. The number of nitrogens with zero attached hydrogens (tertiary/aromatic N) is 1. The molecule has 2 aromatic carbocycles. The monoisotopic (exact) mass is 327 g/mol. The third-order valence-electron chi connectivity index (χ3n) is 5.26. The summed E-state index contributed by atoms with van der Waals surface area (Å²) in [6.07, 6.45) is 1.91. The molecule has 4 rings (SSSR count). The van der Waals surface area contributed by atoms with E-state index in [0.717, 1.165) is 41.8 Å². The van der Waals surface area contributed by atoms with Crippen LogP contribution in [0.2, 0.25) is 0 Å². The van der Waals surface area contributed by atoms with Crippen molar-refractivity contribution in [1.29, 1.82) is 0 Å². The summed E-state index contributed by atoms with van der Waals surface area (Å²) in [7, 11) is 5.16. The van der Waals surface area contributed by atoms with Gasteiger partial charge in [0.15, 0.2) is 23.0 Å². The number of rotatable bonds is 2. The lowest BCUT2D eigenvalue weighted by molar-refractivity contribution is 0.370. The van der Waals surface area contributed by atoms with Crippen LogP contribution in [-0.4, -0.2) is 38.0 Å². The molecule has 0 bridgehead atoms. The molecular weight excluding hydrogens is 306 g/mol. The van der Waals surface area contributed by atoms with E-state index >= 15 is 0 Å². The third-order valence-corrected chi connectivity index (χ3v) is 5.26. The maximum atomic E-state index is 10.5. The Morgan fingerprint density at radius 3 is 2.58 bits per heavy atom. The van der Waals surface area contributed by atoms with Gasteiger partial charge in [0.25, 0.3) is 0 Å². The van der Waals surface area contributed by atoms with Gasteiger partial charge >= 0.3 is 0 Å². The van der Waals surface area contributed by atoms with E-state index in [2.05, 4.69) is 4.90 Å². The van der Waals surface area contributed by atoms with Gasteiger partial charge in [0.2, 0.25) is 0 Å². The maximum absolute atomic E-state index is 10.5. The van der Waals surface area contributed by atoms with Gasteiger partial charge in [0, 0.05) is 30.9 Å². The molecule has 24 heavy (non-hydrogen) atoms. The Morgan fingerprint density at radius 2 is 1.88 bits per heavy atom. The number of methoxy groups -OCH3 is 2. The average molecular weight is 327 g/mol. The first-order valence-electron chi connectivity index (χ1n) is 8.10. The zero-order valence-corrected chi connectivity index (χ0v) is 14.1. The maximum Gasteiger partial charge on any atom is 0.168 e. The van der Waals surface area contributed by atoms with Crippen molar-refractivity contribution >= 4 is 5.69 Å². The van der Waals surface area contributed by atoms with E-state index in [1.165, 1.54) is 12.7 Å². The standard InChI is InChI=1S/C19H21NO4/c1-20-5-4-10-6-11-7-14(21)16(23-2)8-12(11)18-17(10)13(20)9-15(22)19(18)24-3/h7-10,21-22H,4-6H2,1-3H3/t10-/m0/s1. The molecule has 0 fully saturated rings. The van der Waals surface area contributed by atoms with E-state index < -0.39 is 0 Å². The summed E-state index contributed by atoms with van der Waals surface area (Å²) in [5.74, 6) is 1.56. The second-order valence-corrected chi connectivity index (χ2v) is 6.53. The van der Waals surface area contributed by atoms with Crippen LogP contribution in [0.3, 0.4) is 0 Å². The van der Waals surface area contributed by atoms with Gasteiger partial charge in [-0.2, -0.15) is 0 Å². The molecule has 1 heterocycles. The van der Waals surface area contributed by atoms with Crippen LogP contribution in [0.15, 0.2) is 18.2 Å². The zero-order valence-electron chi connectivity index (χ0n) is 14.1. The molecule has 5 nitrogen and oxygen atoms in total. The molecule has 1 atom stereocenters. The normalized spacial score (nSPS) is 18.0. The number of phenols is 2. The Bertz CT molecular complexity index is 831. The molecule has 126 valence electrons. The van der Waals surface area contributed by atoms with Crippen LogP contribution >= 0.6 is 0 Å². The van der Waals surface area contributed by atoms with Gasteiger partial charge in [-0.1, -0.05) is 0 Å².